The summed E-state index contributed by atoms with van der Waals surface area (Å²) in [5, 5.41) is 5.03. The summed E-state index contributed by atoms with van der Waals surface area (Å²) >= 11 is 0. The van der Waals surface area contributed by atoms with Crippen LogP contribution in [0.15, 0.2) is 29.2 Å². The summed E-state index contributed by atoms with van der Waals surface area (Å²) in [6.07, 6.45) is 4.53. The molecule has 0 bridgehead atoms. The number of benzene rings is 1. The zero-order valence-electron chi connectivity index (χ0n) is 15.0. The third-order valence-corrected chi connectivity index (χ3v) is 5.94. The second kappa shape index (κ2) is 8.26. The Hall–Kier alpha value is -2.13. The fourth-order valence-electron chi connectivity index (χ4n) is 3.60. The zero-order valence-corrected chi connectivity index (χ0v) is 15.8. The topological polar surface area (TPSA) is 116 Å². The molecule has 1 amide bonds. The van der Waals surface area contributed by atoms with Gasteiger partial charge in [0, 0.05) is 19.0 Å². The van der Waals surface area contributed by atoms with Crippen LogP contribution in [0.5, 0.6) is 5.75 Å². The van der Waals surface area contributed by atoms with Crippen LogP contribution in [0.4, 0.5) is 0 Å². The van der Waals surface area contributed by atoms with E-state index < -0.39 is 15.9 Å². The summed E-state index contributed by atoms with van der Waals surface area (Å²) in [6, 6.07) is 5.93. The molecule has 1 saturated carbocycles. The van der Waals surface area contributed by atoms with E-state index in [4.69, 9.17) is 14.6 Å². The van der Waals surface area contributed by atoms with Gasteiger partial charge in [-0.2, -0.15) is 0 Å². The molecule has 1 aliphatic carbocycles. The zero-order chi connectivity index (χ0) is 19.4. The lowest BCUT2D eigenvalue weighted by atomic mass is 10.1. The lowest BCUT2D eigenvalue weighted by Gasteiger charge is -2.23. The smallest absolute Gasteiger partial charge is 0.311 e. The molecule has 0 aromatic heterocycles. The van der Waals surface area contributed by atoms with Crippen molar-refractivity contribution in [2.24, 2.45) is 11.1 Å². The lowest BCUT2D eigenvalue weighted by molar-refractivity contribution is -0.149. The molecule has 2 fully saturated rings. The number of carbonyl (C=O) groups is 2. The molecule has 9 heteroatoms. The first-order valence-electron chi connectivity index (χ1n) is 9.06. The Kier molecular flexibility index (Phi) is 6.01. The maximum Gasteiger partial charge on any atom is 0.311 e. The van der Waals surface area contributed by atoms with Crippen molar-refractivity contribution in [2.45, 2.75) is 43.0 Å². The predicted molar refractivity (Wildman–Crippen MR) is 96.3 cm³/mol. The van der Waals surface area contributed by atoms with Gasteiger partial charge in [0.05, 0.1) is 10.8 Å². The van der Waals surface area contributed by atoms with Crippen LogP contribution in [-0.2, 0) is 24.3 Å². The number of nitrogens with zero attached hydrogens (tertiary/aromatic N) is 1. The molecule has 0 spiro atoms. The van der Waals surface area contributed by atoms with Crippen LogP contribution in [0.1, 0.15) is 32.1 Å². The van der Waals surface area contributed by atoms with E-state index in [1.54, 1.807) is 0 Å². The van der Waals surface area contributed by atoms with E-state index in [0.29, 0.717) is 12.3 Å². The highest BCUT2D eigenvalue weighted by molar-refractivity contribution is 7.89. The third-order valence-electron chi connectivity index (χ3n) is 5.01. The van der Waals surface area contributed by atoms with Crippen molar-refractivity contribution in [1.29, 1.82) is 0 Å². The number of rotatable bonds is 7. The van der Waals surface area contributed by atoms with Gasteiger partial charge in [-0.15, -0.1) is 0 Å². The van der Waals surface area contributed by atoms with Crippen molar-refractivity contribution in [3.63, 3.8) is 0 Å². The fraction of sp³-hybridized carbons (Fsp3) is 0.556. The molecule has 2 N–H and O–H groups in total. The Bertz CT molecular complexity index is 787. The summed E-state index contributed by atoms with van der Waals surface area (Å²) in [7, 11) is -3.74. The number of sulfonamides is 1. The monoisotopic (exact) mass is 396 g/mol. The van der Waals surface area contributed by atoms with Crippen LogP contribution in [0, 0.1) is 5.92 Å². The number of hydrogen-bond donors (Lipinski definition) is 1. The third kappa shape index (κ3) is 4.98. The van der Waals surface area contributed by atoms with E-state index in [9.17, 15) is 18.0 Å². The molecule has 1 atom stereocenters. The molecule has 0 radical (unpaired) electrons. The molecule has 1 aromatic rings. The number of primary sulfonamides is 1. The number of carbonyl (C=O) groups excluding carboxylic acids is 2. The predicted octanol–water partition coefficient (Wildman–Crippen LogP) is 1.05. The molecule has 1 heterocycles. The summed E-state index contributed by atoms with van der Waals surface area (Å²) < 4.78 is 33.0. The van der Waals surface area contributed by atoms with E-state index in [0.717, 1.165) is 25.7 Å². The lowest BCUT2D eigenvalue weighted by Crippen LogP contribution is -2.35. The second-order valence-electron chi connectivity index (χ2n) is 6.92. The molecular weight excluding hydrogens is 372 g/mol. The Morgan fingerprint density at radius 2 is 1.81 bits per heavy atom. The Balaban J connectivity index is 1.40. The second-order valence-corrected chi connectivity index (χ2v) is 8.48. The van der Waals surface area contributed by atoms with E-state index in [1.807, 2.05) is 4.90 Å². The van der Waals surface area contributed by atoms with Gasteiger partial charge >= 0.3 is 5.97 Å². The van der Waals surface area contributed by atoms with E-state index >= 15 is 0 Å². The van der Waals surface area contributed by atoms with Gasteiger partial charge in [0.2, 0.25) is 15.9 Å². The Morgan fingerprint density at radius 1 is 1.15 bits per heavy atom. The average molecular weight is 396 g/mol. The normalized spacial score (nSPS) is 20.9. The molecule has 148 valence electrons. The minimum Gasteiger partial charge on any atom is -0.490 e. The molecule has 3 rings (SSSR count). The van der Waals surface area contributed by atoms with E-state index in [-0.39, 0.29) is 42.4 Å². The number of amides is 1. The molecule has 27 heavy (non-hydrogen) atoms. The van der Waals surface area contributed by atoms with Gasteiger partial charge in [0.25, 0.3) is 0 Å². The molecular formula is C18H24N2O6S. The number of esters is 1. The van der Waals surface area contributed by atoms with Crippen molar-refractivity contribution in [3.05, 3.63) is 24.3 Å². The van der Waals surface area contributed by atoms with E-state index in [2.05, 4.69) is 0 Å². The first kappa shape index (κ1) is 19.6. The van der Waals surface area contributed by atoms with Gasteiger partial charge in [0.15, 0.2) is 0 Å². The van der Waals surface area contributed by atoms with Crippen molar-refractivity contribution in [1.82, 2.24) is 4.90 Å². The summed E-state index contributed by atoms with van der Waals surface area (Å²) in [4.78, 5) is 26.1. The number of ether oxygens (including phenoxy) is 2. The summed E-state index contributed by atoms with van der Waals surface area (Å²) in [6.45, 7) is 0.634. The molecule has 2 aliphatic rings. The van der Waals surface area contributed by atoms with Crippen LogP contribution in [-0.4, -0.2) is 51.0 Å². The number of nitrogens with two attached hydrogens (primary N) is 1. The number of hydrogen-bond acceptors (Lipinski definition) is 6. The van der Waals surface area contributed by atoms with Crippen molar-refractivity contribution >= 4 is 21.9 Å². The molecule has 1 aliphatic heterocycles. The van der Waals surface area contributed by atoms with Crippen LogP contribution in [0.3, 0.4) is 0 Å². The summed E-state index contributed by atoms with van der Waals surface area (Å²) in [5.41, 5.74) is 0. The van der Waals surface area contributed by atoms with Gasteiger partial charge in [-0.05, 0) is 37.1 Å². The SMILES string of the molecule is NS(=O)(=O)c1ccc(OCCOC(=O)[C@@H]2CC(=O)N(C3CCCC3)C2)cc1. The van der Waals surface area contributed by atoms with Crippen molar-refractivity contribution in [2.75, 3.05) is 19.8 Å². The Labute approximate surface area is 158 Å². The highest BCUT2D eigenvalue weighted by Crippen LogP contribution is 2.29. The molecule has 1 saturated heterocycles. The highest BCUT2D eigenvalue weighted by Gasteiger charge is 2.39. The maximum atomic E-state index is 12.2. The Morgan fingerprint density at radius 3 is 2.44 bits per heavy atom. The first-order valence-corrected chi connectivity index (χ1v) is 10.6. The van der Waals surface area contributed by atoms with Gasteiger partial charge in [0.1, 0.15) is 19.0 Å². The fourth-order valence-corrected chi connectivity index (χ4v) is 4.12. The van der Waals surface area contributed by atoms with Crippen molar-refractivity contribution in [3.8, 4) is 5.75 Å². The van der Waals surface area contributed by atoms with Gasteiger partial charge in [-0.3, -0.25) is 9.59 Å². The van der Waals surface area contributed by atoms with Crippen LogP contribution >= 0.6 is 0 Å². The quantitative estimate of drug-likeness (QED) is 0.544. The van der Waals surface area contributed by atoms with Crippen LogP contribution in [0.25, 0.3) is 0 Å². The van der Waals surface area contributed by atoms with Gasteiger partial charge in [-0.25, -0.2) is 13.6 Å². The first-order chi connectivity index (χ1) is 12.8. The average Bonchev–Trinajstić information content (AvgIpc) is 3.27. The largest absolute Gasteiger partial charge is 0.490 e. The maximum absolute atomic E-state index is 12.2. The number of likely N-dealkylation sites (tertiary alicyclic amines) is 1. The minimum atomic E-state index is -3.74. The van der Waals surface area contributed by atoms with Gasteiger partial charge < -0.3 is 14.4 Å². The molecule has 1 aromatic carbocycles. The highest BCUT2D eigenvalue weighted by atomic mass is 32.2. The minimum absolute atomic E-state index is 0.000930. The standard InChI is InChI=1S/C18H24N2O6S/c19-27(23,24)16-7-5-15(6-8-16)25-9-10-26-18(22)13-11-17(21)20(12-13)14-3-1-2-4-14/h5-8,13-14H,1-4,9-12H2,(H2,19,23,24)/t13-/m1/s1. The molecule has 0 unspecified atom stereocenters. The van der Waals surface area contributed by atoms with Crippen molar-refractivity contribution < 1.29 is 27.5 Å². The van der Waals surface area contributed by atoms with E-state index in [1.165, 1.54) is 24.3 Å². The summed E-state index contributed by atoms with van der Waals surface area (Å²) in [5.74, 6) is -0.305. The van der Waals surface area contributed by atoms with Crippen LogP contribution in [0.2, 0.25) is 0 Å². The van der Waals surface area contributed by atoms with Crippen LogP contribution < -0.4 is 9.88 Å². The molecule has 8 nitrogen and oxygen atoms in total. The van der Waals surface area contributed by atoms with Gasteiger partial charge in [-0.1, -0.05) is 12.8 Å².